The summed E-state index contributed by atoms with van der Waals surface area (Å²) in [6.45, 7) is 10.8. The Labute approximate surface area is 109 Å². The zero-order chi connectivity index (χ0) is 12.8. The van der Waals surface area contributed by atoms with Gasteiger partial charge in [0, 0.05) is 51.2 Å². The number of rotatable bonds is 5. The fourth-order valence-corrected chi connectivity index (χ4v) is 2.30. The molecule has 0 spiro atoms. The number of piperazine rings is 1. The van der Waals surface area contributed by atoms with E-state index in [0.29, 0.717) is 6.04 Å². The van der Waals surface area contributed by atoms with Gasteiger partial charge in [-0.1, -0.05) is 6.92 Å². The van der Waals surface area contributed by atoms with Gasteiger partial charge in [-0.2, -0.15) is 0 Å². The second-order valence-corrected chi connectivity index (χ2v) is 4.73. The van der Waals surface area contributed by atoms with Crippen LogP contribution in [0.4, 0.5) is 5.95 Å². The number of nitrogens with one attached hydrogen (secondary N) is 1. The molecule has 2 rings (SSSR count). The van der Waals surface area contributed by atoms with E-state index in [4.69, 9.17) is 0 Å². The van der Waals surface area contributed by atoms with Gasteiger partial charge in [0.05, 0.1) is 0 Å². The Morgan fingerprint density at radius 3 is 2.50 bits per heavy atom. The summed E-state index contributed by atoms with van der Waals surface area (Å²) in [6.07, 6.45) is 3.62. The van der Waals surface area contributed by atoms with Crippen molar-refractivity contribution in [1.29, 1.82) is 0 Å². The monoisotopic (exact) mass is 249 g/mol. The summed E-state index contributed by atoms with van der Waals surface area (Å²) in [5.74, 6) is 0.858. The number of hydrogen-bond acceptors (Lipinski definition) is 5. The van der Waals surface area contributed by atoms with Crippen LogP contribution in [0.3, 0.4) is 0 Å². The third-order valence-electron chi connectivity index (χ3n) is 3.46. The van der Waals surface area contributed by atoms with E-state index < -0.39 is 0 Å². The summed E-state index contributed by atoms with van der Waals surface area (Å²) < 4.78 is 0. The zero-order valence-electron chi connectivity index (χ0n) is 11.3. The second kappa shape index (κ2) is 6.66. The van der Waals surface area contributed by atoms with Crippen molar-refractivity contribution in [2.24, 2.45) is 0 Å². The van der Waals surface area contributed by atoms with Crippen molar-refractivity contribution in [1.82, 2.24) is 20.2 Å². The Balaban J connectivity index is 1.81. The molecule has 0 aliphatic carbocycles. The number of nitrogens with zero attached hydrogens (tertiary/aromatic N) is 4. The van der Waals surface area contributed by atoms with Crippen LogP contribution in [0, 0.1) is 0 Å². The highest BCUT2D eigenvalue weighted by Gasteiger charge is 2.21. The first kappa shape index (κ1) is 13.2. The predicted octanol–water partition coefficient (Wildman–Crippen LogP) is 0.597. The highest BCUT2D eigenvalue weighted by molar-refractivity contribution is 5.29. The third-order valence-corrected chi connectivity index (χ3v) is 3.46. The average Bonchev–Trinajstić information content (AvgIpc) is 2.46. The minimum atomic E-state index is 0.601. The maximum atomic E-state index is 4.31. The molecule has 1 atom stereocenters. The van der Waals surface area contributed by atoms with Crippen LogP contribution >= 0.6 is 0 Å². The van der Waals surface area contributed by atoms with Gasteiger partial charge < -0.3 is 10.2 Å². The van der Waals surface area contributed by atoms with E-state index in [0.717, 1.165) is 45.2 Å². The van der Waals surface area contributed by atoms with Gasteiger partial charge in [-0.15, -0.1) is 0 Å². The summed E-state index contributed by atoms with van der Waals surface area (Å²) in [5, 5.41) is 3.41. The van der Waals surface area contributed by atoms with Gasteiger partial charge in [0.25, 0.3) is 0 Å². The Bertz CT molecular complexity index is 334. The molecule has 0 bridgehead atoms. The van der Waals surface area contributed by atoms with Crippen molar-refractivity contribution in [3.63, 3.8) is 0 Å². The largest absolute Gasteiger partial charge is 0.338 e. The van der Waals surface area contributed by atoms with Gasteiger partial charge >= 0.3 is 0 Å². The van der Waals surface area contributed by atoms with E-state index in [-0.39, 0.29) is 0 Å². The topological polar surface area (TPSA) is 44.3 Å². The van der Waals surface area contributed by atoms with Crippen LogP contribution in [0.25, 0.3) is 0 Å². The van der Waals surface area contributed by atoms with Crippen molar-refractivity contribution < 1.29 is 0 Å². The molecule has 1 N–H and O–H groups in total. The molecule has 0 amide bonds. The molecule has 0 radical (unpaired) electrons. The average molecular weight is 249 g/mol. The molecule has 5 heteroatoms. The Morgan fingerprint density at radius 1 is 1.22 bits per heavy atom. The van der Waals surface area contributed by atoms with Crippen LogP contribution in [-0.2, 0) is 0 Å². The Hall–Kier alpha value is -1.20. The lowest BCUT2D eigenvalue weighted by molar-refractivity contribution is 0.193. The quantitative estimate of drug-likeness (QED) is 0.828. The maximum Gasteiger partial charge on any atom is 0.225 e. The fourth-order valence-electron chi connectivity index (χ4n) is 2.30. The zero-order valence-corrected chi connectivity index (χ0v) is 11.3. The lowest BCUT2D eigenvalue weighted by atomic mass is 10.2. The lowest BCUT2D eigenvalue weighted by Gasteiger charge is -2.38. The Kier molecular flexibility index (Phi) is 4.90. The summed E-state index contributed by atoms with van der Waals surface area (Å²) in [6, 6.07) is 2.46. The number of hydrogen-bond donors (Lipinski definition) is 1. The van der Waals surface area contributed by atoms with Crippen LogP contribution < -0.4 is 10.2 Å². The standard InChI is InChI=1S/C13H23N5/c1-3-14-11-12(2)17-7-9-18(10-8-17)13-15-5-4-6-16-13/h4-6,12,14H,3,7-11H2,1-2H3. The molecule has 18 heavy (non-hydrogen) atoms. The first-order valence-corrected chi connectivity index (χ1v) is 6.78. The van der Waals surface area contributed by atoms with E-state index in [1.807, 2.05) is 18.5 Å². The molecule has 5 nitrogen and oxygen atoms in total. The molecular formula is C13H23N5. The third kappa shape index (κ3) is 3.40. The SMILES string of the molecule is CCNCC(C)N1CCN(c2ncccn2)CC1. The van der Waals surface area contributed by atoms with Gasteiger partial charge in [-0.05, 0) is 19.5 Å². The van der Waals surface area contributed by atoms with Crippen LogP contribution in [0.5, 0.6) is 0 Å². The maximum absolute atomic E-state index is 4.31. The first-order valence-electron chi connectivity index (χ1n) is 6.78. The molecule has 0 saturated carbocycles. The summed E-state index contributed by atoms with van der Waals surface area (Å²) in [4.78, 5) is 13.4. The number of likely N-dealkylation sites (N-methyl/N-ethyl adjacent to an activating group) is 1. The number of aromatic nitrogens is 2. The molecular weight excluding hydrogens is 226 g/mol. The minimum Gasteiger partial charge on any atom is -0.338 e. The summed E-state index contributed by atoms with van der Waals surface area (Å²) >= 11 is 0. The molecule has 2 heterocycles. The highest BCUT2D eigenvalue weighted by atomic mass is 15.3. The van der Waals surface area contributed by atoms with Gasteiger partial charge in [0.2, 0.25) is 5.95 Å². The van der Waals surface area contributed by atoms with Crippen LogP contribution in [-0.4, -0.2) is 60.2 Å². The van der Waals surface area contributed by atoms with Crippen molar-refractivity contribution in [3.8, 4) is 0 Å². The fraction of sp³-hybridized carbons (Fsp3) is 0.692. The minimum absolute atomic E-state index is 0.601. The molecule has 1 aromatic heterocycles. The van der Waals surface area contributed by atoms with E-state index in [2.05, 4.69) is 38.9 Å². The normalized spacial score (nSPS) is 18.9. The lowest BCUT2D eigenvalue weighted by Crippen LogP contribution is -2.52. The van der Waals surface area contributed by atoms with E-state index >= 15 is 0 Å². The molecule has 1 fully saturated rings. The van der Waals surface area contributed by atoms with Crippen LogP contribution in [0.1, 0.15) is 13.8 Å². The van der Waals surface area contributed by atoms with Crippen LogP contribution in [0.2, 0.25) is 0 Å². The predicted molar refractivity (Wildman–Crippen MR) is 73.8 cm³/mol. The van der Waals surface area contributed by atoms with Crippen molar-refractivity contribution >= 4 is 5.95 Å². The van der Waals surface area contributed by atoms with Gasteiger partial charge in [0.15, 0.2) is 0 Å². The second-order valence-electron chi connectivity index (χ2n) is 4.73. The summed E-state index contributed by atoms with van der Waals surface area (Å²) in [7, 11) is 0. The molecule has 1 saturated heterocycles. The van der Waals surface area contributed by atoms with Gasteiger partial charge in [-0.3, -0.25) is 4.90 Å². The molecule has 1 aliphatic heterocycles. The van der Waals surface area contributed by atoms with Gasteiger partial charge in [0.1, 0.15) is 0 Å². The van der Waals surface area contributed by atoms with Crippen molar-refractivity contribution in [3.05, 3.63) is 18.5 Å². The molecule has 1 unspecified atom stereocenters. The van der Waals surface area contributed by atoms with E-state index in [1.54, 1.807) is 0 Å². The highest BCUT2D eigenvalue weighted by Crippen LogP contribution is 2.11. The molecule has 1 aliphatic rings. The molecule has 0 aromatic carbocycles. The van der Waals surface area contributed by atoms with Gasteiger partial charge in [-0.25, -0.2) is 9.97 Å². The number of anilines is 1. The van der Waals surface area contributed by atoms with E-state index in [1.165, 1.54) is 0 Å². The molecule has 1 aromatic rings. The molecule has 100 valence electrons. The Morgan fingerprint density at radius 2 is 1.89 bits per heavy atom. The van der Waals surface area contributed by atoms with Crippen molar-refractivity contribution in [2.75, 3.05) is 44.2 Å². The first-order chi connectivity index (χ1) is 8.81. The van der Waals surface area contributed by atoms with Crippen molar-refractivity contribution in [2.45, 2.75) is 19.9 Å². The van der Waals surface area contributed by atoms with Crippen LogP contribution in [0.15, 0.2) is 18.5 Å². The van der Waals surface area contributed by atoms with E-state index in [9.17, 15) is 0 Å². The summed E-state index contributed by atoms with van der Waals surface area (Å²) in [5.41, 5.74) is 0. The smallest absolute Gasteiger partial charge is 0.225 e.